The first-order valence-electron chi connectivity index (χ1n) is 21.0. The van der Waals surface area contributed by atoms with Gasteiger partial charge in [0.05, 0.1) is 28.8 Å². The van der Waals surface area contributed by atoms with E-state index in [-0.39, 0.29) is 19.9 Å². The lowest BCUT2D eigenvalue weighted by Crippen LogP contribution is -2.15. The molecule has 0 N–H and O–H groups in total. The molecule has 0 aliphatic rings. The summed E-state index contributed by atoms with van der Waals surface area (Å²) < 4.78 is 118. The third kappa shape index (κ3) is 20.3. The quantitative estimate of drug-likeness (QED) is 0.0586. The van der Waals surface area contributed by atoms with E-state index in [2.05, 4.69) is 57.0 Å². The van der Waals surface area contributed by atoms with E-state index in [9.17, 15) is 39.5 Å². The van der Waals surface area contributed by atoms with Crippen molar-refractivity contribution in [2.24, 2.45) is 20.8 Å². The van der Waals surface area contributed by atoms with E-state index in [1.807, 2.05) is 43.6 Å². The molecule has 0 heterocycles. The number of hydrogen-bond donors (Lipinski definition) is 0. The second-order valence-electron chi connectivity index (χ2n) is 16.2. The van der Waals surface area contributed by atoms with Crippen molar-refractivity contribution >= 4 is 37.6 Å². The molecule has 0 aromatic heterocycles. The summed E-state index contributed by atoms with van der Waals surface area (Å²) in [4.78, 5) is 4.58. The van der Waals surface area contributed by atoms with Crippen LogP contribution in [0.4, 0.5) is 39.5 Å². The average molecular weight is 912 g/mol. The van der Waals surface area contributed by atoms with Gasteiger partial charge in [-0.15, -0.1) is 0 Å². The predicted molar refractivity (Wildman–Crippen MR) is 246 cm³/mol. The van der Waals surface area contributed by atoms with Crippen LogP contribution in [0.5, 0.6) is 0 Å². The molecule has 0 fully saturated rings. The van der Waals surface area contributed by atoms with Gasteiger partial charge < -0.3 is 3.98 Å². The van der Waals surface area contributed by atoms with Crippen molar-refractivity contribution in [2.45, 2.75) is 116 Å². The van der Waals surface area contributed by atoms with Crippen LogP contribution in [0.2, 0.25) is 10.6 Å². The Hall–Kier alpha value is -4.91. The molecule has 3 nitrogen and oxygen atoms in total. The normalized spacial score (nSPS) is 12.4. The molecule has 0 unspecified atom stereocenters. The maximum Gasteiger partial charge on any atom is 0.435 e. The third-order valence-corrected chi connectivity index (χ3v) is 13.4. The maximum absolute atomic E-state index is 12.8. The molecule has 5 aromatic rings. The summed E-state index contributed by atoms with van der Waals surface area (Å²) in [6, 6.07) is 32.3. The first-order valence-corrected chi connectivity index (χ1v) is 23.2. The molecule has 0 radical (unpaired) electrons. The van der Waals surface area contributed by atoms with Gasteiger partial charge in [0, 0.05) is 6.42 Å². The summed E-state index contributed by atoms with van der Waals surface area (Å²) >= 11 is -1.12. The Morgan fingerprint density at radius 1 is 0.562 bits per heavy atom. The highest BCUT2D eigenvalue weighted by molar-refractivity contribution is 6.58. The predicted octanol–water partition coefficient (Wildman–Crippen LogP) is 16.4. The molecule has 0 saturated carbocycles. The Morgan fingerprint density at radius 3 is 1.44 bits per heavy atom. The van der Waals surface area contributed by atoms with Gasteiger partial charge in [-0.2, -0.15) is 44.8 Å². The van der Waals surface area contributed by atoms with Gasteiger partial charge in [0.15, 0.2) is 0 Å². The Bertz CT molecular complexity index is 2220. The highest BCUT2D eigenvalue weighted by atomic mass is 27.2. The minimum Gasteiger partial charge on any atom is -0.409 e. The average Bonchev–Trinajstić information content (AvgIpc) is 3.22. The molecule has 0 aliphatic heterocycles. The molecule has 0 aliphatic carbocycles. The molecule has 1 atom stereocenters. The summed E-state index contributed by atoms with van der Waals surface area (Å²) in [5, 5.41) is 13.0. The lowest BCUT2D eigenvalue weighted by molar-refractivity contribution is -0.138. The van der Waals surface area contributed by atoms with Crippen LogP contribution in [0.1, 0.15) is 106 Å². The van der Waals surface area contributed by atoms with Gasteiger partial charge in [-0.3, -0.25) is 4.99 Å². The van der Waals surface area contributed by atoms with Gasteiger partial charge in [-0.25, -0.2) is 0 Å². The summed E-state index contributed by atoms with van der Waals surface area (Å²) in [5.74, 6) is 1.32. The molecular weight excluding hydrogens is 853 g/mol. The Kier molecular flexibility index (Phi) is 23.1. The molecule has 0 bridgehead atoms. The van der Waals surface area contributed by atoms with Crippen molar-refractivity contribution in [2.75, 3.05) is 0 Å². The van der Waals surface area contributed by atoms with Crippen LogP contribution < -0.4 is 0 Å². The number of benzene rings is 5. The highest BCUT2D eigenvalue weighted by Crippen LogP contribution is 2.32. The van der Waals surface area contributed by atoms with Gasteiger partial charge in [-0.1, -0.05) is 155 Å². The first kappa shape index (κ1) is 55.2. The first-order chi connectivity index (χ1) is 29.7. The number of halogens is 9. The number of nitrogens with zero attached hydrogens (tertiary/aromatic N) is 3. The summed E-state index contributed by atoms with van der Waals surface area (Å²) in [6.07, 6.45) is -6.05. The number of nitriles is 1. The topological polar surface area (TPSA) is 48.5 Å². The van der Waals surface area contributed by atoms with Crippen molar-refractivity contribution in [3.05, 3.63) is 154 Å². The van der Waals surface area contributed by atoms with E-state index in [4.69, 9.17) is 9.24 Å². The molecule has 13 heteroatoms. The SMILES string of the molecule is C.CC(C)[CH2][Al]([CH2]C(C)C)[N]=CCCc1cccc(C(F)(F)F)c1.C[C@@H](N=CCCc1cccc(C(F)(F)F)c1)c1cccc2ccccc12.N#CCCc1cccc(C(F)(F)F)c1. The molecule has 5 aromatic carbocycles. The molecular formula is C51H59AlF9N3. The van der Waals surface area contributed by atoms with Crippen LogP contribution >= 0.6 is 0 Å². The number of alkyl halides is 9. The molecule has 0 saturated heterocycles. The van der Waals surface area contributed by atoms with Crippen LogP contribution in [-0.4, -0.2) is 26.8 Å². The zero-order valence-corrected chi connectivity index (χ0v) is 37.5. The third-order valence-electron chi connectivity index (χ3n) is 9.82. The molecule has 5 rings (SSSR count). The Morgan fingerprint density at radius 2 is 0.984 bits per heavy atom. The highest BCUT2D eigenvalue weighted by Gasteiger charge is 2.32. The lowest BCUT2D eigenvalue weighted by atomic mass is 10.00. The van der Waals surface area contributed by atoms with Crippen molar-refractivity contribution in [3.63, 3.8) is 0 Å². The van der Waals surface area contributed by atoms with Gasteiger partial charge in [0.2, 0.25) is 0 Å². The van der Waals surface area contributed by atoms with Crippen LogP contribution in [0, 0.1) is 23.2 Å². The largest absolute Gasteiger partial charge is 0.435 e. The molecule has 0 amide bonds. The second-order valence-corrected chi connectivity index (χ2v) is 18.7. The lowest BCUT2D eigenvalue weighted by Gasteiger charge is -2.11. The zero-order chi connectivity index (χ0) is 46.6. The number of fused-ring (bicyclic) bond motifs is 1. The van der Waals surface area contributed by atoms with E-state index in [1.54, 1.807) is 18.2 Å². The van der Waals surface area contributed by atoms with Crippen LogP contribution in [0.25, 0.3) is 10.8 Å². The Balaban J connectivity index is 0.000000342. The fraction of sp³-hybridized carbons (Fsp3) is 0.392. The number of hydrogen-bond acceptors (Lipinski definition) is 3. The smallest absolute Gasteiger partial charge is 0.409 e. The van der Waals surface area contributed by atoms with Gasteiger partial charge >= 0.3 is 32.9 Å². The van der Waals surface area contributed by atoms with Gasteiger partial charge in [-0.05, 0) is 103 Å². The van der Waals surface area contributed by atoms with Crippen LogP contribution in [-0.2, 0) is 37.8 Å². The van der Waals surface area contributed by atoms with E-state index >= 15 is 0 Å². The van der Waals surface area contributed by atoms with E-state index < -0.39 is 49.6 Å². The molecule has 64 heavy (non-hydrogen) atoms. The second kappa shape index (κ2) is 26.8. The van der Waals surface area contributed by atoms with Gasteiger partial charge in [0.1, 0.15) is 0 Å². The summed E-state index contributed by atoms with van der Waals surface area (Å²) in [7, 11) is 0. The zero-order valence-electron chi connectivity index (χ0n) is 36.3. The Labute approximate surface area is 377 Å². The fourth-order valence-corrected chi connectivity index (χ4v) is 9.89. The maximum atomic E-state index is 12.8. The number of rotatable bonds is 15. The minimum atomic E-state index is -4.30. The van der Waals surface area contributed by atoms with Crippen LogP contribution in [0.15, 0.2) is 124 Å². The number of aliphatic imine (C=N–C) groups is 1. The van der Waals surface area contributed by atoms with Gasteiger partial charge in [0.25, 0.3) is 0 Å². The van der Waals surface area contributed by atoms with E-state index in [0.29, 0.717) is 55.1 Å². The van der Waals surface area contributed by atoms with Crippen LogP contribution in [0.3, 0.4) is 0 Å². The standard InChI is InChI=1S/C22H20F3N.C10H9F3N.C10H8F3N.2C4H9.CH4.Al/c1-16(20-13-5-10-18-9-2-3-12-21(18)20)26-14-6-8-17-7-4-11-19(15-17)22(23,24)25;2*11-10(12,13)9-5-1-3-8(7-9)4-2-6-14;2*1-4(2)3;;/h2-5,7,9-16H,6,8H2,1H3;1,3,5-7H,2,4H2;1,3,5,7H,2,4H2;2*4H,1H2,2-3H3;1H4;/q;-1;;;;;+1/t16-;;;;;;/m1....../s1. The summed E-state index contributed by atoms with van der Waals surface area (Å²) in [6.45, 7) is 10.9. The van der Waals surface area contributed by atoms with E-state index in [0.717, 1.165) is 35.4 Å². The number of aryl methyl sites for hydroxylation is 3. The molecule has 344 valence electrons. The van der Waals surface area contributed by atoms with E-state index in [1.165, 1.54) is 51.7 Å². The summed E-state index contributed by atoms with van der Waals surface area (Å²) in [5.41, 5.74) is 1.25. The minimum absolute atomic E-state index is 0. The van der Waals surface area contributed by atoms with Crippen molar-refractivity contribution < 1.29 is 39.5 Å². The van der Waals surface area contributed by atoms with Crippen molar-refractivity contribution in [1.82, 2.24) is 0 Å². The van der Waals surface area contributed by atoms with Crippen molar-refractivity contribution in [3.8, 4) is 6.07 Å². The molecule has 0 spiro atoms. The monoisotopic (exact) mass is 911 g/mol. The van der Waals surface area contributed by atoms with Crippen molar-refractivity contribution in [1.29, 1.82) is 5.26 Å². The fourth-order valence-electron chi connectivity index (χ4n) is 6.83.